The number of amides is 1. The summed E-state index contributed by atoms with van der Waals surface area (Å²) in [5.41, 5.74) is 3.28. The van der Waals surface area contributed by atoms with E-state index >= 15 is 0 Å². The fourth-order valence-electron chi connectivity index (χ4n) is 3.31. The van der Waals surface area contributed by atoms with Gasteiger partial charge < -0.3 is 9.73 Å². The standard InChI is InChI=1S/C25H15BrClN3O2S2/c26-15-7-5-14(6-8-15)20-11-12-21(32-20)23(31)30-25(33)28-16-9-10-17(18(27)13-16)24-29-19-3-1-2-4-22(19)34-24/h1-13H,(H2,28,30,31,33). The quantitative estimate of drug-likeness (QED) is 0.217. The number of anilines is 1. The molecule has 5 aromatic rings. The highest BCUT2D eigenvalue weighted by Gasteiger charge is 2.15. The lowest BCUT2D eigenvalue weighted by atomic mass is 10.2. The molecule has 2 aromatic heterocycles. The van der Waals surface area contributed by atoms with Crippen molar-refractivity contribution in [3.63, 3.8) is 0 Å². The summed E-state index contributed by atoms with van der Waals surface area (Å²) in [6.07, 6.45) is 0. The van der Waals surface area contributed by atoms with Crippen molar-refractivity contribution in [1.29, 1.82) is 0 Å². The van der Waals surface area contributed by atoms with Crippen molar-refractivity contribution in [2.24, 2.45) is 0 Å². The van der Waals surface area contributed by atoms with Crippen LogP contribution in [-0.2, 0) is 0 Å². The third-order valence-electron chi connectivity index (χ3n) is 4.94. The first-order valence-electron chi connectivity index (χ1n) is 10.1. The Kier molecular flexibility index (Phi) is 6.47. The van der Waals surface area contributed by atoms with Crippen LogP contribution < -0.4 is 10.6 Å². The Balaban J connectivity index is 1.25. The van der Waals surface area contributed by atoms with Gasteiger partial charge in [-0.1, -0.05) is 51.8 Å². The van der Waals surface area contributed by atoms with Gasteiger partial charge in [-0.15, -0.1) is 11.3 Å². The third-order valence-corrected chi connectivity index (χ3v) is 7.05. The molecule has 1 amide bonds. The maximum atomic E-state index is 12.6. The largest absolute Gasteiger partial charge is 0.451 e. The van der Waals surface area contributed by atoms with Crippen LogP contribution in [0, 0.1) is 0 Å². The number of rotatable bonds is 4. The molecule has 9 heteroatoms. The first-order valence-corrected chi connectivity index (χ1v) is 12.5. The molecule has 168 valence electrons. The van der Waals surface area contributed by atoms with E-state index < -0.39 is 5.91 Å². The summed E-state index contributed by atoms with van der Waals surface area (Å²) in [7, 11) is 0. The zero-order chi connectivity index (χ0) is 23.7. The van der Waals surface area contributed by atoms with Gasteiger partial charge in [0.05, 0.1) is 15.2 Å². The number of hydrogen-bond donors (Lipinski definition) is 2. The van der Waals surface area contributed by atoms with Gasteiger partial charge in [0.1, 0.15) is 10.8 Å². The zero-order valence-corrected chi connectivity index (χ0v) is 21.3. The number of hydrogen-bond acceptors (Lipinski definition) is 5. The molecule has 2 heterocycles. The Hall–Kier alpha value is -3.04. The van der Waals surface area contributed by atoms with Crippen LogP contribution >= 0.6 is 51.1 Å². The molecule has 0 radical (unpaired) electrons. The lowest BCUT2D eigenvalue weighted by Gasteiger charge is -2.10. The van der Waals surface area contributed by atoms with E-state index in [0.717, 1.165) is 30.8 Å². The number of furan rings is 1. The van der Waals surface area contributed by atoms with Crippen molar-refractivity contribution in [1.82, 2.24) is 10.3 Å². The first-order chi connectivity index (χ1) is 16.5. The van der Waals surface area contributed by atoms with Gasteiger partial charge in [-0.2, -0.15) is 0 Å². The minimum atomic E-state index is -0.446. The molecular weight excluding hydrogens is 554 g/mol. The van der Waals surface area contributed by atoms with Gasteiger partial charge in [0.2, 0.25) is 0 Å². The second kappa shape index (κ2) is 9.68. The molecule has 3 aromatic carbocycles. The van der Waals surface area contributed by atoms with Crippen molar-refractivity contribution >= 4 is 78.0 Å². The summed E-state index contributed by atoms with van der Waals surface area (Å²) in [5, 5.41) is 7.12. The van der Waals surface area contributed by atoms with Crippen molar-refractivity contribution < 1.29 is 9.21 Å². The molecule has 0 bridgehead atoms. The Labute approximate surface area is 217 Å². The molecule has 0 fully saturated rings. The molecule has 0 saturated heterocycles. The number of thiazole rings is 1. The molecule has 0 aliphatic carbocycles. The summed E-state index contributed by atoms with van der Waals surface area (Å²) in [6.45, 7) is 0. The van der Waals surface area contributed by atoms with Crippen LogP contribution in [0.3, 0.4) is 0 Å². The number of thiocarbonyl (C=S) groups is 1. The van der Waals surface area contributed by atoms with Crippen LogP contribution in [0.4, 0.5) is 5.69 Å². The lowest BCUT2D eigenvalue weighted by Crippen LogP contribution is -2.33. The Bertz CT molecular complexity index is 1500. The normalized spacial score (nSPS) is 10.9. The molecule has 0 aliphatic heterocycles. The van der Waals surface area contributed by atoms with Gasteiger partial charge in [-0.25, -0.2) is 4.98 Å². The average Bonchev–Trinajstić information content (AvgIpc) is 3.47. The minimum Gasteiger partial charge on any atom is -0.451 e. The molecule has 2 N–H and O–H groups in total. The fourth-order valence-corrected chi connectivity index (χ4v) is 5.12. The average molecular weight is 569 g/mol. The second-order valence-corrected chi connectivity index (χ2v) is 10.0. The summed E-state index contributed by atoms with van der Waals surface area (Å²) >= 11 is 16.8. The van der Waals surface area contributed by atoms with Crippen LogP contribution in [0.1, 0.15) is 10.6 Å². The SMILES string of the molecule is O=C(NC(=S)Nc1ccc(-c2nc3ccccc3s2)c(Cl)c1)c1ccc(-c2ccc(Br)cc2)o1. The summed E-state index contributed by atoms with van der Waals surface area (Å²) in [6, 6.07) is 24.4. The van der Waals surface area contributed by atoms with E-state index in [0.29, 0.717) is 16.5 Å². The number of halogens is 2. The summed E-state index contributed by atoms with van der Waals surface area (Å²) < 4.78 is 7.75. The highest BCUT2D eigenvalue weighted by Crippen LogP contribution is 2.35. The van der Waals surface area contributed by atoms with Gasteiger partial charge in [-0.05, 0) is 66.8 Å². The lowest BCUT2D eigenvalue weighted by molar-refractivity contribution is 0.0951. The molecule has 34 heavy (non-hydrogen) atoms. The summed E-state index contributed by atoms with van der Waals surface area (Å²) in [4.78, 5) is 17.2. The number of nitrogens with one attached hydrogen (secondary N) is 2. The number of nitrogens with zero attached hydrogens (tertiary/aromatic N) is 1. The highest BCUT2D eigenvalue weighted by molar-refractivity contribution is 9.10. The van der Waals surface area contributed by atoms with Crippen molar-refractivity contribution in [3.05, 3.63) is 94.1 Å². The number of carbonyl (C=O) groups is 1. The van der Waals surface area contributed by atoms with E-state index in [-0.39, 0.29) is 10.9 Å². The van der Waals surface area contributed by atoms with Gasteiger partial charge >= 0.3 is 0 Å². The predicted molar refractivity (Wildman–Crippen MR) is 146 cm³/mol. The van der Waals surface area contributed by atoms with Crippen LogP contribution in [-0.4, -0.2) is 16.0 Å². The molecule has 0 spiro atoms. The Morgan fingerprint density at radius 2 is 1.82 bits per heavy atom. The van der Waals surface area contributed by atoms with Crippen LogP contribution in [0.2, 0.25) is 5.02 Å². The minimum absolute atomic E-state index is 0.135. The van der Waals surface area contributed by atoms with E-state index in [1.165, 1.54) is 0 Å². The maximum absolute atomic E-state index is 12.6. The molecule has 5 nitrogen and oxygen atoms in total. The Morgan fingerprint density at radius 1 is 1.03 bits per heavy atom. The third kappa shape index (κ3) is 4.90. The van der Waals surface area contributed by atoms with Gasteiger partial charge in [0.15, 0.2) is 10.9 Å². The zero-order valence-electron chi connectivity index (χ0n) is 17.3. The monoisotopic (exact) mass is 567 g/mol. The van der Waals surface area contributed by atoms with E-state index in [2.05, 4.69) is 31.5 Å². The van der Waals surface area contributed by atoms with Crippen LogP contribution in [0.15, 0.2) is 87.8 Å². The first kappa shape index (κ1) is 22.7. The molecular formula is C25H15BrClN3O2S2. The molecule has 0 aliphatic rings. The van der Waals surface area contributed by atoms with Gasteiger partial charge in [0, 0.05) is 21.3 Å². The molecule has 0 saturated carbocycles. The number of benzene rings is 3. The fraction of sp³-hybridized carbons (Fsp3) is 0. The Morgan fingerprint density at radius 3 is 2.59 bits per heavy atom. The highest BCUT2D eigenvalue weighted by atomic mass is 79.9. The van der Waals surface area contributed by atoms with E-state index in [9.17, 15) is 4.79 Å². The molecule has 0 unspecified atom stereocenters. The molecule has 0 atom stereocenters. The van der Waals surface area contributed by atoms with Gasteiger partial charge in [-0.3, -0.25) is 10.1 Å². The number of carbonyl (C=O) groups excluding carboxylic acids is 1. The van der Waals surface area contributed by atoms with Gasteiger partial charge in [0.25, 0.3) is 5.91 Å². The van der Waals surface area contributed by atoms with Crippen molar-refractivity contribution in [3.8, 4) is 21.9 Å². The van der Waals surface area contributed by atoms with Crippen LogP contribution in [0.5, 0.6) is 0 Å². The maximum Gasteiger partial charge on any atom is 0.293 e. The smallest absolute Gasteiger partial charge is 0.293 e. The topological polar surface area (TPSA) is 67.2 Å². The number of fused-ring (bicyclic) bond motifs is 1. The summed E-state index contributed by atoms with van der Waals surface area (Å²) in [5.74, 6) is 0.304. The molecule has 5 rings (SSSR count). The van der Waals surface area contributed by atoms with Crippen molar-refractivity contribution in [2.45, 2.75) is 0 Å². The van der Waals surface area contributed by atoms with E-state index in [1.54, 1.807) is 29.5 Å². The number of para-hydroxylation sites is 1. The number of aromatic nitrogens is 1. The van der Waals surface area contributed by atoms with E-state index in [4.69, 9.17) is 28.2 Å². The second-order valence-electron chi connectivity index (χ2n) is 7.26. The predicted octanol–water partition coefficient (Wildman–Crippen LogP) is 7.77. The van der Waals surface area contributed by atoms with Crippen molar-refractivity contribution in [2.75, 3.05) is 5.32 Å². The van der Waals surface area contributed by atoms with Crippen LogP contribution in [0.25, 0.3) is 32.1 Å². The van der Waals surface area contributed by atoms with E-state index in [1.807, 2.05) is 60.7 Å².